The van der Waals surface area contributed by atoms with Gasteiger partial charge in [0, 0.05) is 23.3 Å². The van der Waals surface area contributed by atoms with Gasteiger partial charge >= 0.3 is 6.03 Å². The fraction of sp³-hybridized carbons (Fsp3) is 0.250. The lowest BCUT2D eigenvalue weighted by atomic mass is 9.92. The van der Waals surface area contributed by atoms with Crippen molar-refractivity contribution in [2.75, 3.05) is 7.11 Å². The van der Waals surface area contributed by atoms with Crippen molar-refractivity contribution in [3.8, 4) is 5.75 Å². The topological polar surface area (TPSA) is 119 Å². The minimum Gasteiger partial charge on any atom is -0.496 e. The summed E-state index contributed by atoms with van der Waals surface area (Å²) in [5.41, 5.74) is -0.106. The van der Waals surface area contributed by atoms with Crippen LogP contribution in [0.5, 0.6) is 5.75 Å². The third kappa shape index (κ3) is 3.54. The third-order valence-corrected chi connectivity index (χ3v) is 4.95. The molecule has 1 aliphatic heterocycles. The summed E-state index contributed by atoms with van der Waals surface area (Å²) in [4.78, 5) is 48.6. The van der Waals surface area contributed by atoms with Gasteiger partial charge in [0.05, 0.1) is 18.6 Å². The van der Waals surface area contributed by atoms with E-state index in [1.54, 1.807) is 18.2 Å². The van der Waals surface area contributed by atoms with Crippen LogP contribution in [-0.2, 0) is 16.9 Å². The van der Waals surface area contributed by atoms with Crippen LogP contribution < -0.4 is 10.1 Å². The van der Waals surface area contributed by atoms with Crippen LogP contribution in [0.25, 0.3) is 0 Å². The number of methoxy groups -OCH3 is 1. The maximum absolute atomic E-state index is 13.1. The van der Waals surface area contributed by atoms with Crippen LogP contribution in [0.15, 0.2) is 42.5 Å². The van der Waals surface area contributed by atoms with E-state index < -0.39 is 22.4 Å². The standard InChI is InChI=1S/C20H19N3O6/c1-12(24)13-4-9-17(29-3)14(10-13)11-22-18(25)20(2,21-19(22)26)15-5-7-16(8-6-15)23(27)28/h4-10H,11H2,1-3H3,(H,21,26)/t20-/m0/s1. The smallest absolute Gasteiger partial charge is 0.325 e. The molecule has 150 valence electrons. The number of amides is 3. The number of carbonyl (C=O) groups is 3. The predicted molar refractivity (Wildman–Crippen MR) is 103 cm³/mol. The molecule has 1 aliphatic rings. The summed E-state index contributed by atoms with van der Waals surface area (Å²) >= 11 is 0. The molecule has 3 rings (SSSR count). The molecule has 1 heterocycles. The highest BCUT2D eigenvalue weighted by Crippen LogP contribution is 2.32. The Hall–Kier alpha value is -3.75. The van der Waals surface area contributed by atoms with Gasteiger partial charge in [0.15, 0.2) is 5.78 Å². The number of hydrogen-bond acceptors (Lipinski definition) is 6. The number of non-ortho nitro benzene ring substituents is 1. The number of ketones is 1. The van der Waals surface area contributed by atoms with Gasteiger partial charge in [0.1, 0.15) is 11.3 Å². The van der Waals surface area contributed by atoms with E-state index in [1.807, 2.05) is 0 Å². The van der Waals surface area contributed by atoms with Gasteiger partial charge in [-0.2, -0.15) is 0 Å². The molecule has 2 aromatic rings. The van der Waals surface area contributed by atoms with Crippen LogP contribution in [0.3, 0.4) is 0 Å². The Morgan fingerprint density at radius 2 is 1.86 bits per heavy atom. The van der Waals surface area contributed by atoms with E-state index in [9.17, 15) is 24.5 Å². The van der Waals surface area contributed by atoms with Crippen LogP contribution in [0.1, 0.15) is 35.3 Å². The monoisotopic (exact) mass is 397 g/mol. The van der Waals surface area contributed by atoms with Crippen molar-refractivity contribution >= 4 is 23.4 Å². The Bertz CT molecular complexity index is 1020. The fourth-order valence-corrected chi connectivity index (χ4v) is 3.24. The van der Waals surface area contributed by atoms with Crippen LogP contribution in [0, 0.1) is 10.1 Å². The first kappa shape index (κ1) is 20.0. The quantitative estimate of drug-likeness (QED) is 0.346. The minimum atomic E-state index is -1.36. The molecule has 9 nitrogen and oxygen atoms in total. The molecule has 0 radical (unpaired) electrons. The highest BCUT2D eigenvalue weighted by Gasteiger charge is 2.49. The lowest BCUT2D eigenvalue weighted by Gasteiger charge is -2.22. The lowest BCUT2D eigenvalue weighted by molar-refractivity contribution is -0.384. The molecule has 1 atom stereocenters. The van der Waals surface area contributed by atoms with E-state index in [4.69, 9.17) is 4.74 Å². The van der Waals surface area contributed by atoms with Gasteiger partial charge in [0.25, 0.3) is 11.6 Å². The minimum absolute atomic E-state index is 0.0858. The summed E-state index contributed by atoms with van der Waals surface area (Å²) < 4.78 is 5.29. The average Bonchev–Trinajstić information content (AvgIpc) is 2.92. The molecule has 0 spiro atoms. The van der Waals surface area contributed by atoms with Gasteiger partial charge < -0.3 is 10.1 Å². The normalized spacial score (nSPS) is 18.5. The second-order valence-corrected chi connectivity index (χ2v) is 6.83. The van der Waals surface area contributed by atoms with E-state index in [-0.39, 0.29) is 18.0 Å². The van der Waals surface area contributed by atoms with Crippen molar-refractivity contribution < 1.29 is 24.0 Å². The zero-order valence-corrected chi connectivity index (χ0v) is 16.1. The lowest BCUT2D eigenvalue weighted by Crippen LogP contribution is -2.40. The summed E-state index contributed by atoms with van der Waals surface area (Å²) in [5, 5.41) is 13.5. The molecule has 0 unspecified atom stereocenters. The Balaban J connectivity index is 1.92. The van der Waals surface area contributed by atoms with E-state index in [0.717, 1.165) is 4.90 Å². The Morgan fingerprint density at radius 1 is 1.21 bits per heavy atom. The van der Waals surface area contributed by atoms with Gasteiger partial charge in [-0.1, -0.05) is 0 Å². The number of benzene rings is 2. The largest absolute Gasteiger partial charge is 0.496 e. The molecule has 0 bridgehead atoms. The van der Waals surface area contributed by atoms with Crippen molar-refractivity contribution in [1.82, 2.24) is 10.2 Å². The highest BCUT2D eigenvalue weighted by atomic mass is 16.6. The molecule has 0 saturated carbocycles. The van der Waals surface area contributed by atoms with Crippen LogP contribution >= 0.6 is 0 Å². The molecule has 1 fully saturated rings. The second kappa shape index (κ2) is 7.34. The summed E-state index contributed by atoms with van der Waals surface area (Å²) in [6, 6.07) is 9.64. The van der Waals surface area contributed by atoms with E-state index >= 15 is 0 Å². The molecule has 9 heteroatoms. The molecule has 1 saturated heterocycles. The van der Waals surface area contributed by atoms with E-state index in [0.29, 0.717) is 22.4 Å². The van der Waals surface area contributed by atoms with Crippen molar-refractivity contribution in [1.29, 1.82) is 0 Å². The summed E-state index contributed by atoms with van der Waals surface area (Å²) in [6.45, 7) is 2.88. The molecular formula is C20H19N3O6. The van der Waals surface area contributed by atoms with Gasteiger partial charge in [-0.15, -0.1) is 0 Å². The first-order valence-electron chi connectivity index (χ1n) is 8.74. The molecular weight excluding hydrogens is 378 g/mol. The molecule has 2 aromatic carbocycles. The number of nitrogens with one attached hydrogen (secondary N) is 1. The fourth-order valence-electron chi connectivity index (χ4n) is 3.24. The molecule has 29 heavy (non-hydrogen) atoms. The van der Waals surface area contributed by atoms with Crippen molar-refractivity contribution in [2.24, 2.45) is 0 Å². The van der Waals surface area contributed by atoms with Gasteiger partial charge in [-0.3, -0.25) is 24.6 Å². The predicted octanol–water partition coefficient (Wildman–Crippen LogP) is 2.77. The van der Waals surface area contributed by atoms with Gasteiger partial charge in [0.2, 0.25) is 0 Å². The number of nitro groups is 1. The summed E-state index contributed by atoms with van der Waals surface area (Å²) in [5.74, 6) is -0.215. The molecule has 0 aliphatic carbocycles. The van der Waals surface area contributed by atoms with Gasteiger partial charge in [-0.25, -0.2) is 4.79 Å². The number of ether oxygens (including phenoxy) is 1. The Morgan fingerprint density at radius 3 is 2.41 bits per heavy atom. The van der Waals surface area contributed by atoms with Crippen molar-refractivity contribution in [3.63, 3.8) is 0 Å². The number of Topliss-reactive ketones (excluding diaryl/α,β-unsaturated/α-hetero) is 1. The zero-order chi connectivity index (χ0) is 21.3. The summed E-state index contributed by atoms with van der Waals surface area (Å²) in [6.07, 6.45) is 0. The average molecular weight is 397 g/mol. The first-order valence-corrected chi connectivity index (χ1v) is 8.74. The Kier molecular flexibility index (Phi) is 5.06. The highest BCUT2D eigenvalue weighted by molar-refractivity contribution is 6.07. The number of carbonyl (C=O) groups excluding carboxylic acids is 3. The van der Waals surface area contributed by atoms with Crippen LogP contribution in [0.2, 0.25) is 0 Å². The molecule has 1 N–H and O–H groups in total. The maximum Gasteiger partial charge on any atom is 0.325 e. The molecule has 3 amide bonds. The van der Waals surface area contributed by atoms with E-state index in [1.165, 1.54) is 45.2 Å². The zero-order valence-electron chi connectivity index (χ0n) is 16.1. The molecule has 0 aromatic heterocycles. The number of nitro benzene ring substituents is 1. The van der Waals surface area contributed by atoms with Crippen LogP contribution in [-0.4, -0.2) is 34.7 Å². The summed E-state index contributed by atoms with van der Waals surface area (Å²) in [7, 11) is 1.46. The first-order chi connectivity index (χ1) is 13.7. The van der Waals surface area contributed by atoms with E-state index in [2.05, 4.69) is 5.32 Å². The maximum atomic E-state index is 13.1. The van der Waals surface area contributed by atoms with Crippen molar-refractivity contribution in [3.05, 3.63) is 69.3 Å². The third-order valence-electron chi connectivity index (χ3n) is 4.95. The number of imide groups is 1. The number of rotatable bonds is 6. The number of urea groups is 1. The SMILES string of the molecule is COc1ccc(C(C)=O)cc1CN1C(=O)N[C@@](C)(c2ccc([N+](=O)[O-])cc2)C1=O. The van der Waals surface area contributed by atoms with Crippen LogP contribution in [0.4, 0.5) is 10.5 Å². The Labute approximate surface area is 166 Å². The van der Waals surface area contributed by atoms with Crippen molar-refractivity contribution in [2.45, 2.75) is 25.9 Å². The van der Waals surface area contributed by atoms with Gasteiger partial charge in [-0.05, 0) is 49.7 Å². The second-order valence-electron chi connectivity index (χ2n) is 6.83. The number of hydrogen-bond donors (Lipinski definition) is 1. The number of nitrogens with zero attached hydrogens (tertiary/aromatic N) is 2.